The Hall–Kier alpha value is -1.06. The van der Waals surface area contributed by atoms with Crippen LogP contribution < -0.4 is 10.1 Å². The lowest BCUT2D eigenvalue weighted by atomic mass is 10.0. The van der Waals surface area contributed by atoms with E-state index in [-0.39, 0.29) is 0 Å². The Balaban J connectivity index is 2.00. The highest BCUT2D eigenvalue weighted by Gasteiger charge is 2.20. The summed E-state index contributed by atoms with van der Waals surface area (Å²) in [4.78, 5) is 2.62. The van der Waals surface area contributed by atoms with E-state index in [9.17, 15) is 0 Å². The third-order valence-electron chi connectivity index (χ3n) is 4.52. The average molecular weight is 290 g/mol. The molecular weight excluding hydrogens is 260 g/mol. The van der Waals surface area contributed by atoms with E-state index in [0.717, 1.165) is 18.8 Å². The van der Waals surface area contributed by atoms with Gasteiger partial charge in [-0.25, -0.2) is 0 Å². The van der Waals surface area contributed by atoms with E-state index in [4.69, 9.17) is 4.74 Å². The predicted octanol–water partition coefficient (Wildman–Crippen LogP) is 3.61. The molecule has 21 heavy (non-hydrogen) atoms. The maximum absolute atomic E-state index is 5.25. The van der Waals surface area contributed by atoms with Crippen molar-refractivity contribution in [3.05, 3.63) is 29.8 Å². The highest BCUT2D eigenvalue weighted by atomic mass is 16.5. The van der Waals surface area contributed by atoms with Crippen LogP contribution >= 0.6 is 0 Å². The van der Waals surface area contributed by atoms with Crippen LogP contribution in [0.1, 0.15) is 51.1 Å². The molecule has 3 nitrogen and oxygen atoms in total. The van der Waals surface area contributed by atoms with Crippen LogP contribution in [0.5, 0.6) is 5.75 Å². The molecule has 1 aromatic carbocycles. The quantitative estimate of drug-likeness (QED) is 0.830. The molecule has 0 bridgehead atoms. The third kappa shape index (κ3) is 4.72. The summed E-state index contributed by atoms with van der Waals surface area (Å²) in [7, 11) is 1.72. The first-order chi connectivity index (χ1) is 10.2. The fourth-order valence-corrected chi connectivity index (χ4v) is 3.19. The second kappa shape index (κ2) is 8.40. The van der Waals surface area contributed by atoms with Gasteiger partial charge in [0.2, 0.25) is 0 Å². The van der Waals surface area contributed by atoms with Gasteiger partial charge in [-0.15, -0.1) is 0 Å². The molecule has 3 heteroatoms. The Morgan fingerprint density at radius 2 is 2.05 bits per heavy atom. The lowest BCUT2D eigenvalue weighted by molar-refractivity contribution is 0.176. The molecule has 0 spiro atoms. The van der Waals surface area contributed by atoms with Crippen molar-refractivity contribution in [3.63, 3.8) is 0 Å². The molecule has 1 aliphatic rings. The predicted molar refractivity (Wildman–Crippen MR) is 88.9 cm³/mol. The second-order valence-electron chi connectivity index (χ2n) is 6.09. The van der Waals surface area contributed by atoms with Gasteiger partial charge in [0.1, 0.15) is 5.75 Å². The lowest BCUT2D eigenvalue weighted by Gasteiger charge is -2.34. The largest absolute Gasteiger partial charge is 0.497 e. The van der Waals surface area contributed by atoms with Gasteiger partial charge in [0, 0.05) is 18.6 Å². The van der Waals surface area contributed by atoms with Crippen molar-refractivity contribution in [3.8, 4) is 5.75 Å². The molecule has 2 unspecified atom stereocenters. The van der Waals surface area contributed by atoms with E-state index in [2.05, 4.69) is 48.3 Å². The van der Waals surface area contributed by atoms with Crippen LogP contribution in [0.4, 0.5) is 0 Å². The number of rotatable bonds is 7. The minimum absolute atomic E-state index is 0.458. The van der Waals surface area contributed by atoms with Crippen molar-refractivity contribution in [1.29, 1.82) is 0 Å². The fourth-order valence-electron chi connectivity index (χ4n) is 3.19. The highest BCUT2D eigenvalue weighted by molar-refractivity contribution is 5.28. The van der Waals surface area contributed by atoms with Gasteiger partial charge >= 0.3 is 0 Å². The smallest absolute Gasteiger partial charge is 0.118 e. The van der Waals surface area contributed by atoms with Crippen molar-refractivity contribution < 1.29 is 4.74 Å². The highest BCUT2D eigenvalue weighted by Crippen LogP contribution is 2.24. The van der Waals surface area contributed by atoms with Crippen molar-refractivity contribution in [1.82, 2.24) is 10.2 Å². The van der Waals surface area contributed by atoms with E-state index in [0.29, 0.717) is 12.1 Å². The molecule has 2 atom stereocenters. The first-order valence-electron chi connectivity index (χ1n) is 8.36. The van der Waals surface area contributed by atoms with Crippen molar-refractivity contribution in [2.75, 3.05) is 26.7 Å². The van der Waals surface area contributed by atoms with Crippen LogP contribution in [0.2, 0.25) is 0 Å². The summed E-state index contributed by atoms with van der Waals surface area (Å²) in [6, 6.07) is 9.63. The summed E-state index contributed by atoms with van der Waals surface area (Å²) < 4.78 is 5.25. The zero-order valence-corrected chi connectivity index (χ0v) is 13.8. The number of hydrogen-bond donors (Lipinski definition) is 1. The monoisotopic (exact) mass is 290 g/mol. The second-order valence-corrected chi connectivity index (χ2v) is 6.09. The minimum atomic E-state index is 0.458. The first kappa shape index (κ1) is 16.3. The number of ether oxygens (including phenoxy) is 1. The van der Waals surface area contributed by atoms with Crippen LogP contribution in [-0.4, -0.2) is 37.7 Å². The van der Waals surface area contributed by atoms with Gasteiger partial charge in [-0.3, -0.25) is 4.90 Å². The SMILES string of the molecule is CCCN(CC1CCCCN1)C(C)c1ccc(OC)cc1. The molecule has 0 saturated carbocycles. The van der Waals surface area contributed by atoms with Gasteiger partial charge in [0.25, 0.3) is 0 Å². The summed E-state index contributed by atoms with van der Waals surface area (Å²) in [5.74, 6) is 0.932. The number of piperidine rings is 1. The van der Waals surface area contributed by atoms with E-state index >= 15 is 0 Å². The van der Waals surface area contributed by atoms with E-state index in [1.165, 1.54) is 37.8 Å². The maximum atomic E-state index is 5.25. The van der Waals surface area contributed by atoms with Gasteiger partial charge < -0.3 is 10.1 Å². The van der Waals surface area contributed by atoms with E-state index in [1.807, 2.05) is 0 Å². The summed E-state index contributed by atoms with van der Waals surface area (Å²) >= 11 is 0. The zero-order valence-electron chi connectivity index (χ0n) is 13.8. The number of hydrogen-bond acceptors (Lipinski definition) is 3. The molecule has 118 valence electrons. The third-order valence-corrected chi connectivity index (χ3v) is 4.52. The number of nitrogens with zero attached hydrogens (tertiary/aromatic N) is 1. The zero-order chi connectivity index (χ0) is 15.1. The number of nitrogens with one attached hydrogen (secondary N) is 1. The first-order valence-corrected chi connectivity index (χ1v) is 8.36. The maximum Gasteiger partial charge on any atom is 0.118 e. The molecule has 0 aromatic heterocycles. The number of benzene rings is 1. The summed E-state index contributed by atoms with van der Waals surface area (Å²) in [6.07, 6.45) is 5.22. The molecular formula is C18H30N2O. The van der Waals surface area contributed by atoms with Crippen LogP contribution in [0.3, 0.4) is 0 Å². The molecule has 1 N–H and O–H groups in total. The Kier molecular flexibility index (Phi) is 6.52. The topological polar surface area (TPSA) is 24.5 Å². The van der Waals surface area contributed by atoms with E-state index in [1.54, 1.807) is 7.11 Å². The molecule has 1 aliphatic heterocycles. The standard InChI is InChI=1S/C18H30N2O/c1-4-13-20(14-17-7-5-6-12-19-17)15(2)16-8-10-18(21-3)11-9-16/h8-11,15,17,19H,4-7,12-14H2,1-3H3. The van der Waals surface area contributed by atoms with Gasteiger partial charge in [0.15, 0.2) is 0 Å². The molecule has 1 aromatic rings. The van der Waals surface area contributed by atoms with Crippen LogP contribution in [-0.2, 0) is 0 Å². The van der Waals surface area contributed by atoms with Crippen LogP contribution in [0.15, 0.2) is 24.3 Å². The summed E-state index contributed by atoms with van der Waals surface area (Å²) in [5.41, 5.74) is 1.38. The molecule has 1 fully saturated rings. The van der Waals surface area contributed by atoms with Crippen molar-refractivity contribution >= 4 is 0 Å². The van der Waals surface area contributed by atoms with Gasteiger partial charge in [-0.1, -0.05) is 25.5 Å². The van der Waals surface area contributed by atoms with E-state index < -0.39 is 0 Å². The van der Waals surface area contributed by atoms with Crippen LogP contribution in [0, 0.1) is 0 Å². The Bertz CT molecular complexity index is 398. The Labute approximate surface area is 129 Å². The van der Waals surface area contributed by atoms with Crippen molar-refractivity contribution in [2.45, 2.75) is 51.6 Å². The average Bonchev–Trinajstić information content (AvgIpc) is 2.55. The molecule has 2 rings (SSSR count). The fraction of sp³-hybridized carbons (Fsp3) is 0.667. The number of methoxy groups -OCH3 is 1. The molecule has 0 radical (unpaired) electrons. The normalized spacial score (nSPS) is 20.5. The summed E-state index contributed by atoms with van der Waals surface area (Å²) in [5, 5.41) is 3.67. The van der Waals surface area contributed by atoms with Gasteiger partial charge in [-0.05, 0) is 57.0 Å². The molecule has 1 heterocycles. The minimum Gasteiger partial charge on any atom is -0.497 e. The van der Waals surface area contributed by atoms with Crippen molar-refractivity contribution in [2.24, 2.45) is 0 Å². The summed E-state index contributed by atoms with van der Waals surface area (Å²) in [6.45, 7) is 8.08. The lowest BCUT2D eigenvalue weighted by Crippen LogP contribution is -2.44. The Morgan fingerprint density at radius 3 is 2.62 bits per heavy atom. The molecule has 1 saturated heterocycles. The molecule has 0 aliphatic carbocycles. The van der Waals surface area contributed by atoms with Crippen LogP contribution in [0.25, 0.3) is 0 Å². The molecule has 0 amide bonds. The Morgan fingerprint density at radius 1 is 1.29 bits per heavy atom. The van der Waals surface area contributed by atoms with Gasteiger partial charge in [-0.2, -0.15) is 0 Å². The van der Waals surface area contributed by atoms with Gasteiger partial charge in [0.05, 0.1) is 7.11 Å².